The van der Waals surface area contributed by atoms with Crippen molar-refractivity contribution in [3.63, 3.8) is 0 Å². The van der Waals surface area contributed by atoms with E-state index in [0.717, 1.165) is 16.9 Å². The largest absolute Gasteiger partial charge is 0.393 e. The summed E-state index contributed by atoms with van der Waals surface area (Å²) < 4.78 is 0. The van der Waals surface area contributed by atoms with E-state index in [2.05, 4.69) is 15.3 Å². The SMILES string of the molecule is CC(O)CC(C)Nc1cnc2ccccc2n1. The number of anilines is 1. The molecule has 1 aromatic carbocycles. The minimum absolute atomic E-state index is 0.172. The molecule has 90 valence electrons. The summed E-state index contributed by atoms with van der Waals surface area (Å²) in [4.78, 5) is 8.79. The highest BCUT2D eigenvalue weighted by molar-refractivity contribution is 5.75. The Morgan fingerprint density at radius 1 is 1.24 bits per heavy atom. The van der Waals surface area contributed by atoms with Crippen molar-refractivity contribution < 1.29 is 5.11 Å². The van der Waals surface area contributed by atoms with E-state index in [9.17, 15) is 5.11 Å². The van der Waals surface area contributed by atoms with Crippen molar-refractivity contribution in [1.82, 2.24) is 9.97 Å². The van der Waals surface area contributed by atoms with Crippen LogP contribution in [0.1, 0.15) is 20.3 Å². The van der Waals surface area contributed by atoms with Crippen LogP contribution in [0.5, 0.6) is 0 Å². The van der Waals surface area contributed by atoms with Crippen molar-refractivity contribution in [2.45, 2.75) is 32.4 Å². The fourth-order valence-corrected chi connectivity index (χ4v) is 1.85. The number of nitrogens with one attached hydrogen (secondary N) is 1. The lowest BCUT2D eigenvalue weighted by Crippen LogP contribution is -2.21. The van der Waals surface area contributed by atoms with Crippen LogP contribution < -0.4 is 5.32 Å². The molecule has 0 saturated carbocycles. The number of benzene rings is 1. The number of hydrogen-bond donors (Lipinski definition) is 2. The van der Waals surface area contributed by atoms with Crippen LogP contribution in [0.2, 0.25) is 0 Å². The lowest BCUT2D eigenvalue weighted by molar-refractivity contribution is 0.179. The van der Waals surface area contributed by atoms with Crippen molar-refractivity contribution in [1.29, 1.82) is 0 Å². The van der Waals surface area contributed by atoms with E-state index in [1.165, 1.54) is 0 Å². The summed E-state index contributed by atoms with van der Waals surface area (Å²) in [6.45, 7) is 3.80. The van der Waals surface area contributed by atoms with E-state index in [-0.39, 0.29) is 12.1 Å². The van der Waals surface area contributed by atoms with Crippen molar-refractivity contribution >= 4 is 16.9 Å². The predicted octanol–water partition coefficient (Wildman–Crippen LogP) is 2.20. The molecule has 0 aliphatic rings. The van der Waals surface area contributed by atoms with Gasteiger partial charge in [0.1, 0.15) is 5.82 Å². The number of fused-ring (bicyclic) bond motifs is 1. The van der Waals surface area contributed by atoms with Gasteiger partial charge in [0, 0.05) is 6.04 Å². The predicted molar refractivity (Wildman–Crippen MR) is 68.9 cm³/mol. The van der Waals surface area contributed by atoms with Gasteiger partial charge in [-0.2, -0.15) is 0 Å². The van der Waals surface area contributed by atoms with Gasteiger partial charge in [-0.3, -0.25) is 4.98 Å². The van der Waals surface area contributed by atoms with Crippen LogP contribution in [-0.2, 0) is 0 Å². The molecule has 4 heteroatoms. The van der Waals surface area contributed by atoms with Crippen molar-refractivity contribution in [3.05, 3.63) is 30.5 Å². The fraction of sp³-hybridized carbons (Fsp3) is 0.385. The second-order valence-corrected chi connectivity index (χ2v) is 4.37. The first-order valence-electron chi connectivity index (χ1n) is 5.81. The van der Waals surface area contributed by atoms with Crippen LogP contribution in [-0.4, -0.2) is 27.2 Å². The van der Waals surface area contributed by atoms with Gasteiger partial charge in [-0.05, 0) is 32.4 Å². The minimum Gasteiger partial charge on any atom is -0.393 e. The third-order valence-electron chi connectivity index (χ3n) is 2.54. The van der Waals surface area contributed by atoms with Gasteiger partial charge < -0.3 is 10.4 Å². The fourth-order valence-electron chi connectivity index (χ4n) is 1.85. The Labute approximate surface area is 101 Å². The molecule has 0 fully saturated rings. The van der Waals surface area contributed by atoms with E-state index in [1.807, 2.05) is 31.2 Å². The van der Waals surface area contributed by atoms with Crippen molar-refractivity contribution in [2.75, 3.05) is 5.32 Å². The first-order chi connectivity index (χ1) is 8.15. The third-order valence-corrected chi connectivity index (χ3v) is 2.54. The molecule has 4 nitrogen and oxygen atoms in total. The maximum atomic E-state index is 9.30. The Kier molecular flexibility index (Phi) is 3.54. The standard InChI is InChI=1S/C13H17N3O/c1-9(7-10(2)17)15-13-8-14-11-5-3-4-6-12(11)16-13/h3-6,8-10,17H,7H2,1-2H3,(H,15,16). The minimum atomic E-state index is -0.314. The molecule has 1 aromatic heterocycles. The first kappa shape index (κ1) is 11.8. The zero-order valence-electron chi connectivity index (χ0n) is 10.1. The Bertz CT molecular complexity index is 499. The molecule has 1 heterocycles. The van der Waals surface area contributed by atoms with Gasteiger partial charge >= 0.3 is 0 Å². The molecule has 2 rings (SSSR count). The average Bonchev–Trinajstić information content (AvgIpc) is 2.27. The van der Waals surface area contributed by atoms with E-state index in [0.29, 0.717) is 6.42 Å². The van der Waals surface area contributed by atoms with Gasteiger partial charge in [-0.25, -0.2) is 4.98 Å². The Morgan fingerprint density at radius 3 is 2.65 bits per heavy atom. The van der Waals surface area contributed by atoms with Crippen molar-refractivity contribution in [3.8, 4) is 0 Å². The lowest BCUT2D eigenvalue weighted by atomic mass is 10.1. The smallest absolute Gasteiger partial charge is 0.145 e. The molecule has 0 bridgehead atoms. The molecule has 2 N–H and O–H groups in total. The summed E-state index contributed by atoms with van der Waals surface area (Å²) >= 11 is 0. The van der Waals surface area contributed by atoms with Gasteiger partial charge in [0.15, 0.2) is 0 Å². The van der Waals surface area contributed by atoms with Gasteiger partial charge in [0.2, 0.25) is 0 Å². The summed E-state index contributed by atoms with van der Waals surface area (Å²) in [6, 6.07) is 7.93. The molecule has 17 heavy (non-hydrogen) atoms. The number of aromatic nitrogens is 2. The number of aliphatic hydroxyl groups is 1. The molecule has 0 aliphatic heterocycles. The van der Waals surface area contributed by atoms with E-state index < -0.39 is 0 Å². The number of hydrogen-bond acceptors (Lipinski definition) is 4. The highest BCUT2D eigenvalue weighted by Gasteiger charge is 2.07. The van der Waals surface area contributed by atoms with Crippen LogP contribution in [0.25, 0.3) is 11.0 Å². The zero-order valence-corrected chi connectivity index (χ0v) is 10.1. The summed E-state index contributed by atoms with van der Waals surface area (Å²) in [5.74, 6) is 0.747. The maximum absolute atomic E-state index is 9.30. The van der Waals surface area contributed by atoms with Gasteiger partial charge in [0.05, 0.1) is 23.3 Å². The molecular formula is C13H17N3O. The topological polar surface area (TPSA) is 58.0 Å². The highest BCUT2D eigenvalue weighted by Crippen LogP contribution is 2.13. The summed E-state index contributed by atoms with van der Waals surface area (Å²) in [5.41, 5.74) is 1.77. The number of rotatable bonds is 4. The number of nitrogens with zero attached hydrogens (tertiary/aromatic N) is 2. The van der Waals surface area contributed by atoms with Gasteiger partial charge in [0.25, 0.3) is 0 Å². The van der Waals surface area contributed by atoms with E-state index in [1.54, 1.807) is 13.1 Å². The zero-order chi connectivity index (χ0) is 12.3. The molecule has 2 unspecified atom stereocenters. The molecule has 0 aliphatic carbocycles. The second-order valence-electron chi connectivity index (χ2n) is 4.37. The van der Waals surface area contributed by atoms with Gasteiger partial charge in [-0.15, -0.1) is 0 Å². The van der Waals surface area contributed by atoms with E-state index in [4.69, 9.17) is 0 Å². The maximum Gasteiger partial charge on any atom is 0.145 e. The summed E-state index contributed by atoms with van der Waals surface area (Å²) in [5, 5.41) is 12.5. The second kappa shape index (κ2) is 5.10. The normalized spacial score (nSPS) is 14.5. The molecule has 0 amide bonds. The average molecular weight is 231 g/mol. The monoisotopic (exact) mass is 231 g/mol. The van der Waals surface area contributed by atoms with Gasteiger partial charge in [-0.1, -0.05) is 12.1 Å². The summed E-state index contributed by atoms with van der Waals surface area (Å²) in [7, 11) is 0. The van der Waals surface area contributed by atoms with Crippen LogP contribution in [0.4, 0.5) is 5.82 Å². The first-order valence-corrected chi connectivity index (χ1v) is 5.81. The molecule has 0 spiro atoms. The van der Waals surface area contributed by atoms with Crippen molar-refractivity contribution in [2.24, 2.45) is 0 Å². The third kappa shape index (κ3) is 3.14. The van der Waals surface area contributed by atoms with E-state index >= 15 is 0 Å². The lowest BCUT2D eigenvalue weighted by Gasteiger charge is -2.15. The molecular weight excluding hydrogens is 214 g/mol. The van der Waals surface area contributed by atoms with Crippen LogP contribution in [0.15, 0.2) is 30.5 Å². The Hall–Kier alpha value is -1.68. The van der Waals surface area contributed by atoms with Crippen LogP contribution >= 0.6 is 0 Å². The number of aliphatic hydroxyl groups excluding tert-OH is 1. The van der Waals surface area contributed by atoms with Crippen LogP contribution in [0.3, 0.4) is 0 Å². The highest BCUT2D eigenvalue weighted by atomic mass is 16.3. The summed E-state index contributed by atoms with van der Waals surface area (Å²) in [6.07, 6.45) is 2.10. The Balaban J connectivity index is 2.14. The molecule has 2 aromatic rings. The molecule has 0 saturated heterocycles. The molecule has 2 atom stereocenters. The molecule has 0 radical (unpaired) electrons. The number of para-hydroxylation sites is 2. The Morgan fingerprint density at radius 2 is 1.94 bits per heavy atom. The van der Waals surface area contributed by atoms with Crippen LogP contribution in [0, 0.1) is 0 Å². The quantitative estimate of drug-likeness (QED) is 0.847.